The lowest BCUT2D eigenvalue weighted by Crippen LogP contribution is -2.27. The molecule has 1 aromatic heterocycles. The summed E-state index contributed by atoms with van der Waals surface area (Å²) in [5.74, 6) is 0.914. The summed E-state index contributed by atoms with van der Waals surface area (Å²) in [5, 5.41) is 5.04. The Bertz CT molecular complexity index is 618. The molecule has 1 amide bonds. The smallest absolute Gasteiger partial charge is 0.256 e. The van der Waals surface area contributed by atoms with E-state index >= 15 is 0 Å². The molecule has 2 heterocycles. The van der Waals surface area contributed by atoms with Crippen LogP contribution in [0.4, 0.5) is 5.82 Å². The summed E-state index contributed by atoms with van der Waals surface area (Å²) in [6.45, 7) is 1.72. The van der Waals surface area contributed by atoms with Gasteiger partial charge in [0.25, 0.3) is 5.91 Å². The van der Waals surface area contributed by atoms with Gasteiger partial charge in [-0.2, -0.15) is 0 Å². The molecule has 0 unspecified atom stereocenters. The number of fused-ring (bicyclic) bond motifs is 1. The van der Waals surface area contributed by atoms with Crippen LogP contribution in [0.25, 0.3) is 10.8 Å². The molecule has 1 N–H and O–H groups in total. The van der Waals surface area contributed by atoms with Gasteiger partial charge >= 0.3 is 0 Å². The first-order valence-corrected chi connectivity index (χ1v) is 6.66. The molecule has 4 nitrogen and oxygen atoms in total. The number of nitrogens with zero attached hydrogens (tertiary/aromatic N) is 2. The number of aromatic nitrogens is 1. The lowest BCUT2D eigenvalue weighted by molar-refractivity contribution is 0.0794. The van der Waals surface area contributed by atoms with Crippen molar-refractivity contribution in [3.05, 3.63) is 36.0 Å². The molecule has 0 aliphatic carbocycles. The van der Waals surface area contributed by atoms with E-state index in [1.165, 1.54) is 0 Å². The number of hydrogen-bond acceptors (Lipinski definition) is 3. The van der Waals surface area contributed by atoms with Crippen LogP contribution >= 0.6 is 0 Å². The Balaban J connectivity index is 2.11. The second-order valence-corrected chi connectivity index (χ2v) is 4.82. The molecular formula is C15H17N3O. The maximum absolute atomic E-state index is 12.5. The molecule has 2 aromatic rings. The topological polar surface area (TPSA) is 45.2 Å². The second kappa shape index (κ2) is 4.88. The Morgan fingerprint density at radius 1 is 1.21 bits per heavy atom. The third-order valence-electron chi connectivity index (χ3n) is 3.66. The average molecular weight is 255 g/mol. The molecule has 98 valence electrons. The van der Waals surface area contributed by atoms with Gasteiger partial charge in [0.2, 0.25) is 0 Å². The van der Waals surface area contributed by atoms with Crippen molar-refractivity contribution in [2.75, 3.05) is 25.5 Å². The number of anilines is 1. The van der Waals surface area contributed by atoms with Crippen LogP contribution in [0, 0.1) is 0 Å². The van der Waals surface area contributed by atoms with E-state index in [0.717, 1.165) is 42.5 Å². The predicted octanol–water partition coefficient (Wildman–Crippen LogP) is 2.51. The maximum atomic E-state index is 12.5. The van der Waals surface area contributed by atoms with E-state index in [0.29, 0.717) is 5.56 Å². The number of nitrogens with one attached hydrogen (secondary N) is 1. The number of pyridine rings is 1. The van der Waals surface area contributed by atoms with E-state index in [1.54, 1.807) is 6.20 Å². The highest BCUT2D eigenvalue weighted by Gasteiger charge is 2.22. The van der Waals surface area contributed by atoms with Crippen LogP contribution in [0.2, 0.25) is 0 Å². The fraction of sp³-hybridized carbons (Fsp3) is 0.333. The quantitative estimate of drug-likeness (QED) is 0.896. The molecular weight excluding hydrogens is 238 g/mol. The van der Waals surface area contributed by atoms with Crippen molar-refractivity contribution in [3.63, 3.8) is 0 Å². The van der Waals surface area contributed by atoms with E-state index in [1.807, 2.05) is 36.2 Å². The molecule has 19 heavy (non-hydrogen) atoms. The monoisotopic (exact) mass is 255 g/mol. The van der Waals surface area contributed by atoms with Crippen molar-refractivity contribution in [1.29, 1.82) is 0 Å². The largest absolute Gasteiger partial charge is 0.373 e. The molecule has 3 rings (SSSR count). The molecule has 0 spiro atoms. The minimum absolute atomic E-state index is 0.101. The predicted molar refractivity (Wildman–Crippen MR) is 76.4 cm³/mol. The first kappa shape index (κ1) is 12.0. The SMILES string of the molecule is CNc1ncc(C(=O)N2CCCC2)c2ccccc12. The molecule has 4 heteroatoms. The van der Waals surface area contributed by atoms with Crippen LogP contribution in [-0.2, 0) is 0 Å². The van der Waals surface area contributed by atoms with Gasteiger partial charge in [-0.05, 0) is 18.2 Å². The first-order chi connectivity index (χ1) is 9.31. The summed E-state index contributed by atoms with van der Waals surface area (Å²) in [5.41, 5.74) is 0.705. The Labute approximate surface area is 112 Å². The minimum Gasteiger partial charge on any atom is -0.373 e. The highest BCUT2D eigenvalue weighted by atomic mass is 16.2. The lowest BCUT2D eigenvalue weighted by atomic mass is 10.1. The van der Waals surface area contributed by atoms with Crippen molar-refractivity contribution < 1.29 is 4.79 Å². The number of benzene rings is 1. The van der Waals surface area contributed by atoms with Gasteiger partial charge in [-0.3, -0.25) is 4.79 Å². The summed E-state index contributed by atoms with van der Waals surface area (Å²) in [7, 11) is 1.84. The fourth-order valence-corrected chi connectivity index (χ4v) is 2.65. The van der Waals surface area contributed by atoms with Crippen LogP contribution in [0.1, 0.15) is 23.2 Å². The Hall–Kier alpha value is -2.10. The zero-order chi connectivity index (χ0) is 13.2. The van der Waals surface area contributed by atoms with E-state index in [2.05, 4.69) is 10.3 Å². The Morgan fingerprint density at radius 3 is 2.58 bits per heavy atom. The first-order valence-electron chi connectivity index (χ1n) is 6.66. The molecule has 0 radical (unpaired) electrons. The van der Waals surface area contributed by atoms with Crippen LogP contribution < -0.4 is 5.32 Å². The molecule has 1 aliphatic heterocycles. The summed E-state index contributed by atoms with van der Waals surface area (Å²) >= 11 is 0. The average Bonchev–Trinajstić information content (AvgIpc) is 2.99. The van der Waals surface area contributed by atoms with Crippen LogP contribution in [0.15, 0.2) is 30.5 Å². The third-order valence-corrected chi connectivity index (χ3v) is 3.66. The van der Waals surface area contributed by atoms with Gasteiger partial charge in [-0.15, -0.1) is 0 Å². The van der Waals surface area contributed by atoms with E-state index < -0.39 is 0 Å². The number of carbonyl (C=O) groups is 1. The summed E-state index contributed by atoms with van der Waals surface area (Å²) in [6.07, 6.45) is 3.90. The van der Waals surface area contributed by atoms with Crippen molar-refractivity contribution in [3.8, 4) is 0 Å². The third kappa shape index (κ3) is 2.03. The molecule has 1 fully saturated rings. The second-order valence-electron chi connectivity index (χ2n) is 4.82. The standard InChI is InChI=1S/C15H17N3O/c1-16-14-12-7-3-2-6-11(12)13(10-17-14)15(19)18-8-4-5-9-18/h2-3,6-7,10H,4-5,8-9H2,1H3,(H,16,17). The van der Waals surface area contributed by atoms with Crippen LogP contribution in [0.5, 0.6) is 0 Å². The molecule has 1 aliphatic rings. The van der Waals surface area contributed by atoms with Gasteiger partial charge in [0.15, 0.2) is 0 Å². The summed E-state index contributed by atoms with van der Waals surface area (Å²) in [4.78, 5) is 18.8. The van der Waals surface area contributed by atoms with Gasteiger partial charge in [-0.25, -0.2) is 4.98 Å². The number of carbonyl (C=O) groups excluding carboxylic acids is 1. The normalized spacial score (nSPS) is 14.9. The van der Waals surface area contributed by atoms with Crippen LogP contribution in [-0.4, -0.2) is 35.9 Å². The molecule has 1 aromatic carbocycles. The molecule has 0 saturated carbocycles. The highest BCUT2D eigenvalue weighted by molar-refractivity contribution is 6.09. The molecule has 1 saturated heterocycles. The van der Waals surface area contributed by atoms with Crippen molar-refractivity contribution in [1.82, 2.24) is 9.88 Å². The zero-order valence-electron chi connectivity index (χ0n) is 11.0. The van der Waals surface area contributed by atoms with E-state index in [9.17, 15) is 4.79 Å². The molecule has 0 bridgehead atoms. The lowest BCUT2D eigenvalue weighted by Gasteiger charge is -2.17. The van der Waals surface area contributed by atoms with Gasteiger partial charge in [-0.1, -0.05) is 24.3 Å². The van der Waals surface area contributed by atoms with Gasteiger partial charge < -0.3 is 10.2 Å². The summed E-state index contributed by atoms with van der Waals surface area (Å²) in [6, 6.07) is 7.91. The Kier molecular flexibility index (Phi) is 3.07. The van der Waals surface area contributed by atoms with E-state index in [-0.39, 0.29) is 5.91 Å². The number of hydrogen-bond donors (Lipinski definition) is 1. The Morgan fingerprint density at radius 2 is 1.89 bits per heavy atom. The van der Waals surface area contributed by atoms with Gasteiger partial charge in [0, 0.05) is 31.7 Å². The highest BCUT2D eigenvalue weighted by Crippen LogP contribution is 2.25. The van der Waals surface area contributed by atoms with Crippen molar-refractivity contribution in [2.45, 2.75) is 12.8 Å². The number of rotatable bonds is 2. The minimum atomic E-state index is 0.101. The summed E-state index contributed by atoms with van der Waals surface area (Å²) < 4.78 is 0. The van der Waals surface area contributed by atoms with Crippen LogP contribution in [0.3, 0.4) is 0 Å². The maximum Gasteiger partial charge on any atom is 0.256 e. The van der Waals surface area contributed by atoms with Crippen molar-refractivity contribution >= 4 is 22.5 Å². The van der Waals surface area contributed by atoms with Gasteiger partial charge in [0.1, 0.15) is 5.82 Å². The number of likely N-dealkylation sites (tertiary alicyclic amines) is 1. The fourth-order valence-electron chi connectivity index (χ4n) is 2.65. The zero-order valence-corrected chi connectivity index (χ0v) is 11.0. The molecule has 0 atom stereocenters. The van der Waals surface area contributed by atoms with Gasteiger partial charge in [0.05, 0.1) is 5.56 Å². The van der Waals surface area contributed by atoms with E-state index in [4.69, 9.17) is 0 Å². The number of amides is 1. The van der Waals surface area contributed by atoms with Crippen molar-refractivity contribution in [2.24, 2.45) is 0 Å².